The van der Waals surface area contributed by atoms with Crippen molar-refractivity contribution in [3.63, 3.8) is 0 Å². The number of para-hydroxylation sites is 1. The molecule has 0 saturated carbocycles. The Morgan fingerprint density at radius 1 is 0.971 bits per heavy atom. The van der Waals surface area contributed by atoms with Gasteiger partial charge in [-0.05, 0) is 54.1 Å². The van der Waals surface area contributed by atoms with E-state index in [-0.39, 0.29) is 24.8 Å². The highest BCUT2D eigenvalue weighted by molar-refractivity contribution is 7.89. The fourth-order valence-electron chi connectivity index (χ4n) is 3.77. The number of hydrogen-bond acceptors (Lipinski definition) is 7. The molecule has 0 amide bonds. The molecule has 0 bridgehead atoms. The lowest BCUT2D eigenvalue weighted by atomic mass is 10.1. The molecule has 0 unspecified atom stereocenters. The predicted molar refractivity (Wildman–Crippen MR) is 129 cm³/mol. The molecule has 1 aliphatic heterocycles. The van der Waals surface area contributed by atoms with Crippen molar-refractivity contribution >= 4 is 21.6 Å². The van der Waals surface area contributed by atoms with Gasteiger partial charge in [0.25, 0.3) is 0 Å². The first-order valence-corrected chi connectivity index (χ1v) is 12.5. The highest BCUT2D eigenvalue weighted by Crippen LogP contribution is 2.34. The maximum atomic E-state index is 13.6. The van der Waals surface area contributed by atoms with Gasteiger partial charge in [0.1, 0.15) is 5.75 Å². The van der Waals surface area contributed by atoms with Gasteiger partial charge in [-0.1, -0.05) is 35.0 Å². The second kappa shape index (κ2) is 9.61. The number of ether oxygens (including phenoxy) is 3. The van der Waals surface area contributed by atoms with Crippen LogP contribution in [0.2, 0.25) is 5.02 Å². The summed E-state index contributed by atoms with van der Waals surface area (Å²) in [5.41, 5.74) is 1.90. The van der Waals surface area contributed by atoms with Gasteiger partial charge in [-0.3, -0.25) is 0 Å². The third kappa shape index (κ3) is 4.84. The van der Waals surface area contributed by atoms with Gasteiger partial charge in [-0.15, -0.1) is 0 Å². The first-order chi connectivity index (χ1) is 16.9. The van der Waals surface area contributed by atoms with Crippen molar-refractivity contribution in [1.29, 1.82) is 0 Å². The van der Waals surface area contributed by atoms with Crippen LogP contribution >= 0.6 is 11.6 Å². The van der Waals surface area contributed by atoms with E-state index in [9.17, 15) is 8.42 Å². The van der Waals surface area contributed by atoms with Crippen LogP contribution in [0.3, 0.4) is 0 Å². The summed E-state index contributed by atoms with van der Waals surface area (Å²) in [6, 6.07) is 20.5. The number of hydrogen-bond donors (Lipinski definition) is 0. The van der Waals surface area contributed by atoms with Crippen LogP contribution in [0, 0.1) is 0 Å². The summed E-state index contributed by atoms with van der Waals surface area (Å²) in [5.74, 6) is 2.30. The Labute approximate surface area is 207 Å². The Kier molecular flexibility index (Phi) is 6.38. The van der Waals surface area contributed by atoms with Crippen molar-refractivity contribution in [2.75, 3.05) is 13.9 Å². The average molecular weight is 513 g/mol. The maximum absolute atomic E-state index is 13.6. The Morgan fingerprint density at radius 2 is 1.74 bits per heavy atom. The monoisotopic (exact) mass is 512 g/mol. The van der Waals surface area contributed by atoms with Crippen LogP contribution in [0.25, 0.3) is 11.3 Å². The van der Waals surface area contributed by atoms with Crippen LogP contribution in [0.1, 0.15) is 11.3 Å². The molecule has 4 aromatic rings. The number of methoxy groups -OCH3 is 1. The molecule has 0 N–H and O–H groups in total. The molecular formula is C25H21ClN2O6S. The normalized spacial score (nSPS) is 12.8. The maximum Gasteiger partial charge on any atom is 0.243 e. The van der Waals surface area contributed by atoms with Crippen molar-refractivity contribution in [2.45, 2.75) is 18.0 Å². The second-order valence-electron chi connectivity index (χ2n) is 7.80. The van der Waals surface area contributed by atoms with Crippen molar-refractivity contribution in [3.8, 4) is 28.6 Å². The number of rotatable bonds is 8. The molecule has 2 heterocycles. The molecule has 35 heavy (non-hydrogen) atoms. The highest BCUT2D eigenvalue weighted by Gasteiger charge is 2.27. The van der Waals surface area contributed by atoms with Gasteiger partial charge in [-0.25, -0.2) is 8.42 Å². The number of nitrogens with zero attached hydrogens (tertiary/aromatic N) is 2. The lowest BCUT2D eigenvalue weighted by Crippen LogP contribution is -2.30. The predicted octanol–water partition coefficient (Wildman–Crippen LogP) is 5.12. The molecule has 8 nitrogen and oxygen atoms in total. The molecule has 1 aromatic heterocycles. The molecule has 5 rings (SSSR count). The van der Waals surface area contributed by atoms with Gasteiger partial charge >= 0.3 is 0 Å². The van der Waals surface area contributed by atoms with E-state index in [0.717, 1.165) is 11.1 Å². The fourth-order valence-corrected chi connectivity index (χ4v) is 5.29. The number of sulfonamides is 1. The summed E-state index contributed by atoms with van der Waals surface area (Å²) in [6.07, 6.45) is 0. The number of aromatic nitrogens is 1. The van der Waals surface area contributed by atoms with Crippen LogP contribution < -0.4 is 14.2 Å². The summed E-state index contributed by atoms with van der Waals surface area (Å²) < 4.78 is 50.3. The van der Waals surface area contributed by atoms with Crippen LogP contribution in [0.5, 0.6) is 17.2 Å². The molecule has 0 fully saturated rings. The van der Waals surface area contributed by atoms with Crippen LogP contribution in [-0.4, -0.2) is 31.8 Å². The molecule has 3 aromatic carbocycles. The quantitative estimate of drug-likeness (QED) is 0.323. The van der Waals surface area contributed by atoms with Crippen molar-refractivity contribution in [1.82, 2.24) is 9.46 Å². The van der Waals surface area contributed by atoms with Gasteiger partial charge in [0.05, 0.1) is 29.8 Å². The van der Waals surface area contributed by atoms with Crippen LogP contribution in [-0.2, 0) is 23.1 Å². The molecule has 0 atom stereocenters. The van der Waals surface area contributed by atoms with E-state index in [0.29, 0.717) is 33.7 Å². The SMILES string of the molecule is COc1ccccc1-c1cc(CN(Cc2ccc3c(c2)OCO3)S(=O)(=O)c2ccc(Cl)cc2)no1. The molecule has 0 radical (unpaired) electrons. The Hall–Kier alpha value is -3.53. The zero-order valence-electron chi connectivity index (χ0n) is 18.7. The Morgan fingerprint density at radius 3 is 2.54 bits per heavy atom. The van der Waals surface area contributed by atoms with E-state index in [1.807, 2.05) is 24.3 Å². The summed E-state index contributed by atoms with van der Waals surface area (Å²) >= 11 is 5.97. The van der Waals surface area contributed by atoms with E-state index in [2.05, 4.69) is 5.16 Å². The molecule has 0 aliphatic carbocycles. The number of halogens is 1. The van der Waals surface area contributed by atoms with E-state index >= 15 is 0 Å². The van der Waals surface area contributed by atoms with Gasteiger partial charge in [-0.2, -0.15) is 4.31 Å². The van der Waals surface area contributed by atoms with Crippen molar-refractivity contribution in [2.24, 2.45) is 0 Å². The molecule has 1 aliphatic rings. The number of benzene rings is 3. The summed E-state index contributed by atoms with van der Waals surface area (Å²) in [6.45, 7) is 0.201. The first-order valence-electron chi connectivity index (χ1n) is 10.7. The van der Waals surface area contributed by atoms with E-state index in [4.69, 9.17) is 30.3 Å². The zero-order valence-corrected chi connectivity index (χ0v) is 20.3. The van der Waals surface area contributed by atoms with Crippen molar-refractivity contribution in [3.05, 3.63) is 89.1 Å². The topological polar surface area (TPSA) is 91.1 Å². The minimum atomic E-state index is -3.90. The average Bonchev–Trinajstić information content (AvgIpc) is 3.53. The van der Waals surface area contributed by atoms with Gasteiger partial charge < -0.3 is 18.7 Å². The fraction of sp³-hybridized carbons (Fsp3) is 0.160. The van der Waals surface area contributed by atoms with E-state index in [1.54, 1.807) is 43.5 Å². The van der Waals surface area contributed by atoms with E-state index < -0.39 is 10.0 Å². The Balaban J connectivity index is 1.48. The third-order valence-electron chi connectivity index (χ3n) is 5.52. The van der Waals surface area contributed by atoms with E-state index in [1.165, 1.54) is 16.4 Å². The van der Waals surface area contributed by atoms with Crippen LogP contribution in [0.15, 0.2) is 82.2 Å². The molecule has 0 spiro atoms. The van der Waals surface area contributed by atoms with Crippen LogP contribution in [0.4, 0.5) is 0 Å². The lowest BCUT2D eigenvalue weighted by Gasteiger charge is -2.21. The number of fused-ring (bicyclic) bond motifs is 1. The van der Waals surface area contributed by atoms with Crippen molar-refractivity contribution < 1.29 is 27.2 Å². The highest BCUT2D eigenvalue weighted by atomic mass is 35.5. The standard InChI is InChI=1S/C25H21ClN2O6S/c1-31-22-5-3-2-4-21(22)24-13-19(27-34-24)15-28(35(29,30)20-9-7-18(26)8-10-20)14-17-6-11-23-25(12-17)33-16-32-23/h2-13H,14-16H2,1H3. The summed E-state index contributed by atoms with van der Waals surface area (Å²) in [4.78, 5) is 0.121. The summed E-state index contributed by atoms with van der Waals surface area (Å²) in [5, 5.41) is 4.57. The minimum Gasteiger partial charge on any atom is -0.496 e. The van der Waals surface area contributed by atoms with Gasteiger partial charge in [0.2, 0.25) is 16.8 Å². The molecule has 10 heteroatoms. The second-order valence-corrected chi connectivity index (χ2v) is 10.2. The van der Waals surface area contributed by atoms with Gasteiger partial charge in [0, 0.05) is 17.6 Å². The summed E-state index contributed by atoms with van der Waals surface area (Å²) in [7, 11) is -2.33. The largest absolute Gasteiger partial charge is 0.496 e. The Bertz CT molecular complexity index is 1450. The molecule has 0 saturated heterocycles. The minimum absolute atomic E-state index is 0.0158. The first kappa shape index (κ1) is 23.2. The van der Waals surface area contributed by atoms with Gasteiger partial charge in [0.15, 0.2) is 17.3 Å². The lowest BCUT2D eigenvalue weighted by molar-refractivity contribution is 0.174. The molecular weight excluding hydrogens is 492 g/mol. The smallest absolute Gasteiger partial charge is 0.243 e. The molecule has 180 valence electrons. The third-order valence-corrected chi connectivity index (χ3v) is 7.57. The zero-order chi connectivity index (χ0) is 24.4.